The van der Waals surface area contributed by atoms with E-state index in [-0.39, 0.29) is 5.92 Å². The maximum atomic E-state index is 12.7. The average Bonchev–Trinajstić information content (AvgIpc) is 3.22. The van der Waals surface area contributed by atoms with Crippen LogP contribution in [0, 0.1) is 5.92 Å². The molecule has 4 aliphatic heterocycles. The zero-order valence-corrected chi connectivity index (χ0v) is 16.7. The van der Waals surface area contributed by atoms with Crippen LogP contribution in [0.3, 0.4) is 0 Å². The Hall–Kier alpha value is -0.950. The normalized spacial score (nSPS) is 27.4. The Labute approximate surface area is 160 Å². The number of fused-ring (bicyclic) bond motifs is 4. The molecule has 5 nitrogen and oxygen atoms in total. The minimum Gasteiger partial charge on any atom is -0.383 e. The van der Waals surface area contributed by atoms with E-state index in [9.17, 15) is 4.79 Å². The van der Waals surface area contributed by atoms with Crippen LogP contribution in [0.25, 0.3) is 0 Å². The van der Waals surface area contributed by atoms with Crippen molar-refractivity contribution in [2.45, 2.75) is 44.8 Å². The number of amides is 1. The summed E-state index contributed by atoms with van der Waals surface area (Å²) in [4.78, 5) is 21.4. The largest absolute Gasteiger partial charge is 0.383 e. The average molecular weight is 378 g/mol. The molecule has 0 radical (unpaired) electrons. The van der Waals surface area contributed by atoms with E-state index >= 15 is 0 Å². The molecule has 0 aliphatic carbocycles. The Morgan fingerprint density at radius 3 is 2.81 bits per heavy atom. The maximum Gasteiger partial charge on any atom is 0.227 e. The van der Waals surface area contributed by atoms with Gasteiger partial charge in [-0.25, -0.2) is 0 Å². The van der Waals surface area contributed by atoms with Crippen molar-refractivity contribution >= 4 is 17.2 Å². The molecule has 26 heavy (non-hydrogen) atoms. The Balaban J connectivity index is 1.37. The van der Waals surface area contributed by atoms with Crippen LogP contribution in [-0.4, -0.2) is 73.1 Å². The Bertz CT molecular complexity index is 614. The van der Waals surface area contributed by atoms with Crippen molar-refractivity contribution in [1.82, 2.24) is 14.7 Å². The fraction of sp³-hybridized carbons (Fsp3) is 0.750. The van der Waals surface area contributed by atoms with Gasteiger partial charge in [0.1, 0.15) is 0 Å². The summed E-state index contributed by atoms with van der Waals surface area (Å²) in [7, 11) is 1.71. The summed E-state index contributed by atoms with van der Waals surface area (Å²) in [6.45, 7) is 7.89. The molecule has 0 spiro atoms. The first-order valence-electron chi connectivity index (χ1n) is 10.0. The molecule has 0 aromatic carbocycles. The molecule has 144 valence electrons. The first kappa shape index (κ1) is 18.4. The van der Waals surface area contributed by atoms with Crippen molar-refractivity contribution in [2.24, 2.45) is 5.92 Å². The topological polar surface area (TPSA) is 36.0 Å². The Morgan fingerprint density at radius 1 is 1.15 bits per heavy atom. The second-order valence-corrected chi connectivity index (χ2v) is 9.05. The van der Waals surface area contributed by atoms with Crippen molar-refractivity contribution in [3.8, 4) is 0 Å². The van der Waals surface area contributed by atoms with E-state index in [1.165, 1.54) is 36.4 Å². The number of methoxy groups -OCH3 is 1. The minimum atomic E-state index is 0.176. The van der Waals surface area contributed by atoms with Crippen molar-refractivity contribution in [1.29, 1.82) is 0 Å². The predicted octanol–water partition coefficient (Wildman–Crippen LogP) is 2.41. The van der Waals surface area contributed by atoms with Crippen LogP contribution < -0.4 is 0 Å². The summed E-state index contributed by atoms with van der Waals surface area (Å²) < 4.78 is 5.21. The van der Waals surface area contributed by atoms with Gasteiger partial charge in [-0.3, -0.25) is 14.6 Å². The Kier molecular flexibility index (Phi) is 5.93. The second-order valence-electron chi connectivity index (χ2n) is 8.05. The molecule has 5 rings (SSSR count). The summed E-state index contributed by atoms with van der Waals surface area (Å²) in [5.41, 5.74) is 1.46. The van der Waals surface area contributed by atoms with E-state index < -0.39 is 0 Å². The molecule has 5 heterocycles. The van der Waals surface area contributed by atoms with Crippen LogP contribution in [-0.2, 0) is 22.6 Å². The van der Waals surface area contributed by atoms with Gasteiger partial charge >= 0.3 is 0 Å². The van der Waals surface area contributed by atoms with Crippen molar-refractivity contribution in [3.63, 3.8) is 0 Å². The molecule has 0 saturated carbocycles. The molecule has 2 bridgehead atoms. The highest BCUT2D eigenvalue weighted by atomic mass is 32.1. The van der Waals surface area contributed by atoms with E-state index in [1.54, 1.807) is 7.11 Å². The molecule has 4 aliphatic rings. The molecule has 4 fully saturated rings. The lowest BCUT2D eigenvalue weighted by atomic mass is 9.94. The van der Waals surface area contributed by atoms with Gasteiger partial charge in [0.05, 0.1) is 12.5 Å². The third-order valence-corrected chi connectivity index (χ3v) is 7.07. The van der Waals surface area contributed by atoms with Crippen LogP contribution in [0.4, 0.5) is 0 Å². The van der Waals surface area contributed by atoms with Crippen molar-refractivity contribution in [2.75, 3.05) is 46.4 Å². The van der Waals surface area contributed by atoms with Gasteiger partial charge in [-0.15, -0.1) is 11.3 Å². The predicted molar refractivity (Wildman–Crippen MR) is 104 cm³/mol. The molecule has 2 atom stereocenters. The van der Waals surface area contributed by atoms with Gasteiger partial charge in [0.25, 0.3) is 0 Å². The van der Waals surface area contributed by atoms with Gasteiger partial charge in [-0.05, 0) is 55.8 Å². The lowest BCUT2D eigenvalue weighted by molar-refractivity contribution is -0.140. The highest BCUT2D eigenvalue weighted by molar-refractivity contribution is 7.10. The summed E-state index contributed by atoms with van der Waals surface area (Å²) in [5, 5.41) is 2.33. The third-order valence-electron chi connectivity index (χ3n) is 6.10. The zero-order valence-electron chi connectivity index (χ0n) is 15.9. The number of ether oxygens (including phenoxy) is 1. The van der Waals surface area contributed by atoms with Gasteiger partial charge in [-0.1, -0.05) is 0 Å². The van der Waals surface area contributed by atoms with Crippen molar-refractivity contribution in [3.05, 3.63) is 21.9 Å². The number of carbonyl (C=O) groups is 1. The van der Waals surface area contributed by atoms with Crippen LogP contribution in [0.2, 0.25) is 0 Å². The lowest BCUT2D eigenvalue weighted by Gasteiger charge is -2.35. The number of hydrogen-bond donors (Lipinski definition) is 0. The van der Waals surface area contributed by atoms with Crippen LogP contribution in [0.1, 0.15) is 36.1 Å². The second kappa shape index (κ2) is 8.38. The number of nitrogens with zero attached hydrogens (tertiary/aromatic N) is 3. The smallest absolute Gasteiger partial charge is 0.227 e. The molecular formula is C20H31N3O2S. The quantitative estimate of drug-likeness (QED) is 0.731. The standard InChI is InChI=1S/C20H31N3O2S/c1-25-9-8-23-18-5-4-17(20(23)24)12-22(13-18)14-19-10-16(15-26-19)11-21-6-2-3-7-21/h10,15,17-18H,2-9,11-14H2,1H3/t17-,18+/m1/s1. The van der Waals surface area contributed by atoms with E-state index in [4.69, 9.17) is 4.74 Å². The molecule has 1 amide bonds. The highest BCUT2D eigenvalue weighted by Crippen LogP contribution is 2.30. The maximum absolute atomic E-state index is 12.7. The van der Waals surface area contributed by atoms with E-state index in [0.29, 0.717) is 18.6 Å². The summed E-state index contributed by atoms with van der Waals surface area (Å²) >= 11 is 1.88. The monoisotopic (exact) mass is 377 g/mol. The minimum absolute atomic E-state index is 0.176. The number of rotatable bonds is 7. The molecule has 1 aromatic rings. The van der Waals surface area contributed by atoms with Gasteiger partial charge in [0.15, 0.2) is 0 Å². The number of thiophene rings is 1. The molecular weight excluding hydrogens is 346 g/mol. The fourth-order valence-corrected chi connectivity index (χ4v) is 5.68. The molecule has 0 N–H and O–H groups in total. The fourth-order valence-electron chi connectivity index (χ4n) is 4.75. The van der Waals surface area contributed by atoms with E-state index in [2.05, 4.69) is 26.1 Å². The van der Waals surface area contributed by atoms with Crippen molar-refractivity contribution < 1.29 is 9.53 Å². The number of piperidine rings is 1. The zero-order chi connectivity index (χ0) is 17.9. The van der Waals surface area contributed by atoms with E-state index in [0.717, 1.165) is 45.6 Å². The molecule has 4 saturated heterocycles. The molecule has 1 aromatic heterocycles. The van der Waals surface area contributed by atoms with Gasteiger partial charge in [0.2, 0.25) is 5.91 Å². The molecule has 0 unspecified atom stereocenters. The van der Waals surface area contributed by atoms with Crippen LogP contribution in [0.15, 0.2) is 11.4 Å². The third kappa shape index (κ3) is 4.14. The van der Waals surface area contributed by atoms with E-state index in [1.807, 2.05) is 11.3 Å². The van der Waals surface area contributed by atoms with Gasteiger partial charge in [0, 0.05) is 50.8 Å². The number of hydrogen-bond acceptors (Lipinski definition) is 5. The van der Waals surface area contributed by atoms with Crippen LogP contribution >= 0.6 is 11.3 Å². The van der Waals surface area contributed by atoms with Gasteiger partial charge in [-0.2, -0.15) is 0 Å². The number of likely N-dealkylation sites (tertiary alicyclic amines) is 1. The highest BCUT2D eigenvalue weighted by Gasteiger charge is 2.40. The number of carbonyl (C=O) groups excluding carboxylic acids is 1. The first-order valence-corrected chi connectivity index (χ1v) is 10.9. The summed E-state index contributed by atoms with van der Waals surface area (Å²) in [6, 6.07) is 2.75. The van der Waals surface area contributed by atoms with Crippen LogP contribution in [0.5, 0.6) is 0 Å². The van der Waals surface area contributed by atoms with Gasteiger partial charge < -0.3 is 9.64 Å². The summed E-state index contributed by atoms with van der Waals surface area (Å²) in [6.07, 6.45) is 4.89. The lowest BCUT2D eigenvalue weighted by Crippen LogP contribution is -2.49. The summed E-state index contributed by atoms with van der Waals surface area (Å²) in [5.74, 6) is 0.524. The SMILES string of the molecule is COCCN1C(=O)[C@@H]2CC[C@H]1CN(Cc1cc(CN3CCCC3)cs1)C2. The first-order chi connectivity index (χ1) is 12.7. The molecule has 6 heteroatoms. The Morgan fingerprint density at radius 2 is 2.00 bits per heavy atom.